The molecule has 0 aromatic rings. The summed E-state index contributed by atoms with van der Waals surface area (Å²) in [7, 11) is -5.21. The van der Waals surface area contributed by atoms with Gasteiger partial charge < -0.3 is 4.74 Å². The van der Waals surface area contributed by atoms with Crippen LogP contribution in [0.25, 0.3) is 0 Å². The first-order valence-electron chi connectivity index (χ1n) is 7.35. The van der Waals surface area contributed by atoms with Crippen molar-refractivity contribution in [1.29, 1.82) is 0 Å². The van der Waals surface area contributed by atoms with Gasteiger partial charge in [-0.1, -0.05) is 41.0 Å². The first-order valence-corrected chi connectivity index (χ1v) is 8.79. The fraction of sp³-hybridized carbons (Fsp3) is 0.733. The van der Waals surface area contributed by atoms with E-state index in [2.05, 4.69) is 0 Å². The molecule has 0 aliphatic heterocycles. The van der Waals surface area contributed by atoms with Crippen LogP contribution in [0.15, 0.2) is 22.1 Å². The van der Waals surface area contributed by atoms with Crippen molar-refractivity contribution >= 4 is 10.1 Å². The monoisotopic (exact) mass is 356 g/mol. The molecule has 1 rings (SSSR count). The van der Waals surface area contributed by atoms with Crippen LogP contribution < -0.4 is 0 Å². The van der Waals surface area contributed by atoms with Crippen molar-refractivity contribution in [3.05, 3.63) is 22.1 Å². The molecular formula is C15H23F3O4S. The Hall–Kier alpha value is -1.02. The zero-order chi connectivity index (χ0) is 18.2. The Morgan fingerprint density at radius 2 is 1.78 bits per heavy atom. The molecule has 8 heteroatoms. The average Bonchev–Trinajstić information content (AvgIpc) is 2.37. The van der Waals surface area contributed by atoms with Gasteiger partial charge in [0.05, 0.1) is 6.61 Å². The number of allylic oxidation sites excluding steroid dienone is 4. The van der Waals surface area contributed by atoms with Gasteiger partial charge >= 0.3 is 0 Å². The van der Waals surface area contributed by atoms with Crippen LogP contribution >= 0.6 is 0 Å². The SMILES string of the molecule is CCC(C)COC1=C(C(C)(C)C)C(F)=C(S(=O)(=O)O)C(F)C1F. The van der Waals surface area contributed by atoms with Gasteiger partial charge in [0.2, 0.25) is 0 Å². The Balaban J connectivity index is 3.53. The Morgan fingerprint density at radius 1 is 1.26 bits per heavy atom. The molecule has 0 spiro atoms. The number of rotatable bonds is 5. The third-order valence-electron chi connectivity index (χ3n) is 3.69. The quantitative estimate of drug-likeness (QED) is 0.753. The molecule has 0 bridgehead atoms. The van der Waals surface area contributed by atoms with E-state index in [0.717, 1.165) is 6.42 Å². The highest BCUT2D eigenvalue weighted by atomic mass is 32.2. The van der Waals surface area contributed by atoms with Crippen molar-refractivity contribution < 1.29 is 30.9 Å². The van der Waals surface area contributed by atoms with Crippen molar-refractivity contribution in [3.63, 3.8) is 0 Å². The first-order chi connectivity index (χ1) is 10.3. The van der Waals surface area contributed by atoms with Gasteiger partial charge in [-0.05, 0) is 11.3 Å². The maximum Gasteiger partial charge on any atom is 0.296 e. The molecule has 134 valence electrons. The zero-order valence-electron chi connectivity index (χ0n) is 13.9. The second kappa shape index (κ2) is 6.84. The fourth-order valence-corrected chi connectivity index (χ4v) is 2.94. The Morgan fingerprint density at radius 3 is 2.17 bits per heavy atom. The molecule has 0 aromatic carbocycles. The number of ether oxygens (including phenoxy) is 1. The topological polar surface area (TPSA) is 63.6 Å². The average molecular weight is 356 g/mol. The molecule has 0 saturated heterocycles. The highest BCUT2D eigenvalue weighted by Gasteiger charge is 2.47. The summed E-state index contributed by atoms with van der Waals surface area (Å²) in [5.74, 6) is -2.00. The van der Waals surface area contributed by atoms with Crippen LogP contribution in [-0.2, 0) is 14.9 Å². The Labute approximate surface area is 135 Å². The first kappa shape index (κ1) is 20.0. The lowest BCUT2D eigenvalue weighted by molar-refractivity contribution is 0.0872. The summed E-state index contributed by atoms with van der Waals surface area (Å²) in [6, 6.07) is 0. The van der Waals surface area contributed by atoms with E-state index in [1.54, 1.807) is 0 Å². The molecule has 1 aliphatic rings. The van der Waals surface area contributed by atoms with Gasteiger partial charge in [-0.3, -0.25) is 4.55 Å². The number of hydrogen-bond acceptors (Lipinski definition) is 3. The molecule has 3 unspecified atom stereocenters. The minimum Gasteiger partial charge on any atom is -0.494 e. The minimum atomic E-state index is -5.21. The van der Waals surface area contributed by atoms with Gasteiger partial charge in [0.25, 0.3) is 10.1 Å². The maximum absolute atomic E-state index is 14.6. The summed E-state index contributed by atoms with van der Waals surface area (Å²) in [6.45, 7) is 8.31. The van der Waals surface area contributed by atoms with E-state index in [-0.39, 0.29) is 18.1 Å². The number of hydrogen-bond donors (Lipinski definition) is 1. The van der Waals surface area contributed by atoms with Crippen molar-refractivity contribution in [3.8, 4) is 0 Å². The van der Waals surface area contributed by atoms with E-state index in [1.807, 2.05) is 13.8 Å². The smallest absolute Gasteiger partial charge is 0.296 e. The summed E-state index contributed by atoms with van der Waals surface area (Å²) in [4.78, 5) is -1.58. The number of alkyl halides is 2. The third-order valence-corrected chi connectivity index (χ3v) is 4.65. The van der Waals surface area contributed by atoms with Gasteiger partial charge in [-0.25, -0.2) is 13.2 Å². The van der Waals surface area contributed by atoms with E-state index in [0.29, 0.717) is 0 Å². The summed E-state index contributed by atoms with van der Waals surface area (Å²) >= 11 is 0. The van der Waals surface area contributed by atoms with E-state index < -0.39 is 44.4 Å². The summed E-state index contributed by atoms with van der Waals surface area (Å²) in [6.07, 6.45) is -4.62. The largest absolute Gasteiger partial charge is 0.494 e. The number of halogens is 3. The highest BCUT2D eigenvalue weighted by Crippen LogP contribution is 2.45. The molecule has 1 aliphatic carbocycles. The molecule has 1 N–H and O–H groups in total. The van der Waals surface area contributed by atoms with Crippen LogP contribution in [0.3, 0.4) is 0 Å². The van der Waals surface area contributed by atoms with Crippen LogP contribution in [0.4, 0.5) is 13.2 Å². The highest BCUT2D eigenvalue weighted by molar-refractivity contribution is 7.89. The summed E-state index contributed by atoms with van der Waals surface area (Å²) in [5.41, 5.74) is -1.43. The lowest BCUT2D eigenvalue weighted by atomic mass is 9.81. The van der Waals surface area contributed by atoms with Crippen molar-refractivity contribution in [2.75, 3.05) is 6.61 Å². The van der Waals surface area contributed by atoms with Crippen LogP contribution in [0, 0.1) is 11.3 Å². The van der Waals surface area contributed by atoms with Gasteiger partial charge in [0.1, 0.15) is 16.5 Å². The summed E-state index contributed by atoms with van der Waals surface area (Å²) < 4.78 is 79.9. The fourth-order valence-electron chi connectivity index (χ4n) is 2.21. The van der Waals surface area contributed by atoms with Crippen LogP contribution in [-0.4, -0.2) is 31.9 Å². The van der Waals surface area contributed by atoms with E-state index in [1.165, 1.54) is 20.8 Å². The molecular weight excluding hydrogens is 333 g/mol. The van der Waals surface area contributed by atoms with E-state index >= 15 is 0 Å². The van der Waals surface area contributed by atoms with Gasteiger partial charge in [-0.2, -0.15) is 8.42 Å². The molecule has 0 fully saturated rings. The van der Waals surface area contributed by atoms with Crippen molar-refractivity contribution in [2.45, 2.75) is 53.4 Å². The van der Waals surface area contributed by atoms with Gasteiger partial charge in [-0.15, -0.1) is 0 Å². The van der Waals surface area contributed by atoms with Crippen molar-refractivity contribution in [2.24, 2.45) is 11.3 Å². The third kappa shape index (κ3) is 4.29. The van der Waals surface area contributed by atoms with Crippen LogP contribution in [0.1, 0.15) is 41.0 Å². The van der Waals surface area contributed by atoms with Gasteiger partial charge in [0.15, 0.2) is 12.3 Å². The molecule has 23 heavy (non-hydrogen) atoms. The van der Waals surface area contributed by atoms with E-state index in [9.17, 15) is 21.6 Å². The Kier molecular flexibility index (Phi) is 5.96. The maximum atomic E-state index is 14.6. The zero-order valence-corrected chi connectivity index (χ0v) is 14.7. The molecule has 0 radical (unpaired) electrons. The summed E-state index contributed by atoms with van der Waals surface area (Å²) in [5, 5.41) is 0. The predicted octanol–water partition coefficient (Wildman–Crippen LogP) is 4.11. The standard InChI is InChI=1S/C15H23F3O4S/c1-6-8(2)7-22-13-9(15(3,4)5)10(16)14(23(19,20)21)12(18)11(13)17/h8,11-12H,6-7H2,1-5H3,(H,19,20,21). The molecule has 3 atom stereocenters. The van der Waals surface area contributed by atoms with Crippen molar-refractivity contribution in [1.82, 2.24) is 0 Å². The lowest BCUT2D eigenvalue weighted by Gasteiger charge is -2.33. The van der Waals surface area contributed by atoms with Gasteiger partial charge in [0, 0.05) is 5.57 Å². The van der Waals surface area contributed by atoms with Crippen LogP contribution in [0.5, 0.6) is 0 Å². The molecule has 0 aromatic heterocycles. The lowest BCUT2D eigenvalue weighted by Crippen LogP contribution is -2.35. The second-order valence-corrected chi connectivity index (χ2v) is 8.16. The van der Waals surface area contributed by atoms with Crippen LogP contribution in [0.2, 0.25) is 0 Å². The molecule has 0 saturated carbocycles. The predicted molar refractivity (Wildman–Crippen MR) is 81.4 cm³/mol. The minimum absolute atomic E-state index is 0.0315. The Bertz CT molecular complexity index is 617. The second-order valence-electron chi connectivity index (χ2n) is 6.77. The molecule has 4 nitrogen and oxygen atoms in total. The van der Waals surface area contributed by atoms with E-state index in [4.69, 9.17) is 9.29 Å². The molecule has 0 heterocycles. The molecule has 0 amide bonds. The normalized spacial score (nSPS) is 24.9.